The van der Waals surface area contributed by atoms with Crippen LogP contribution in [0, 0.1) is 11.8 Å². The van der Waals surface area contributed by atoms with Gasteiger partial charge in [0.2, 0.25) is 0 Å². The first-order valence-electron chi connectivity index (χ1n) is 9.52. The molecule has 4 rings (SSSR count). The van der Waals surface area contributed by atoms with Gasteiger partial charge < -0.3 is 29.5 Å². The number of hydrogen-bond donors (Lipinski definition) is 3. The second kappa shape index (κ2) is 6.12. The van der Waals surface area contributed by atoms with E-state index < -0.39 is 29.7 Å². The molecule has 3 aliphatic heterocycles. The zero-order valence-electron chi connectivity index (χ0n) is 15.7. The number of rotatable bonds is 2. The highest BCUT2D eigenvalue weighted by Gasteiger charge is 2.54. The minimum Gasteiger partial charge on any atom is -0.388 e. The van der Waals surface area contributed by atoms with Gasteiger partial charge in [0.15, 0.2) is 6.29 Å². The molecule has 6 nitrogen and oxygen atoms in total. The third kappa shape index (κ3) is 3.17. The number of ether oxygens (including phenoxy) is 3. The maximum Gasteiger partial charge on any atom is 0.181 e. The van der Waals surface area contributed by atoms with Crippen LogP contribution in [-0.4, -0.2) is 63.8 Å². The lowest BCUT2D eigenvalue weighted by Gasteiger charge is -2.38. The maximum atomic E-state index is 10.8. The number of hydrogen-bond acceptors (Lipinski definition) is 6. The Bertz CT molecular complexity index is 618. The van der Waals surface area contributed by atoms with Crippen LogP contribution < -0.4 is 0 Å². The Balaban J connectivity index is 1.60. The Labute approximate surface area is 154 Å². The molecule has 0 aromatic heterocycles. The minimum atomic E-state index is -1.26. The normalized spacial score (nSPS) is 46.8. The summed E-state index contributed by atoms with van der Waals surface area (Å²) in [6.07, 6.45) is 1.85. The summed E-state index contributed by atoms with van der Waals surface area (Å²) in [7, 11) is 0. The van der Waals surface area contributed by atoms with E-state index in [4.69, 9.17) is 14.2 Å². The summed E-state index contributed by atoms with van der Waals surface area (Å²) in [5.74, 6) is 0.308. The molecule has 146 valence electrons. The van der Waals surface area contributed by atoms with Gasteiger partial charge in [-0.05, 0) is 57.6 Å². The molecule has 0 bridgehead atoms. The van der Waals surface area contributed by atoms with Gasteiger partial charge in [0.05, 0.1) is 23.9 Å². The molecule has 3 heterocycles. The van der Waals surface area contributed by atoms with Gasteiger partial charge in [-0.2, -0.15) is 0 Å². The Morgan fingerprint density at radius 2 is 2.04 bits per heavy atom. The van der Waals surface area contributed by atoms with Crippen LogP contribution in [0.2, 0.25) is 0 Å². The Hall–Kier alpha value is -0.760. The molecular formula is C20H30O6. The summed E-state index contributed by atoms with van der Waals surface area (Å²) in [6, 6.07) is 0. The zero-order chi connectivity index (χ0) is 18.9. The van der Waals surface area contributed by atoms with E-state index in [-0.39, 0.29) is 24.0 Å². The van der Waals surface area contributed by atoms with Gasteiger partial charge >= 0.3 is 0 Å². The summed E-state index contributed by atoms with van der Waals surface area (Å²) in [4.78, 5) is 0. The van der Waals surface area contributed by atoms with Gasteiger partial charge in [0.25, 0.3) is 0 Å². The third-order valence-electron chi connectivity index (χ3n) is 6.43. The van der Waals surface area contributed by atoms with E-state index in [1.54, 1.807) is 13.8 Å². The van der Waals surface area contributed by atoms with Crippen molar-refractivity contribution in [2.24, 2.45) is 11.8 Å². The molecule has 3 fully saturated rings. The molecule has 3 N–H and O–H groups in total. The van der Waals surface area contributed by atoms with Crippen LogP contribution in [0.3, 0.4) is 0 Å². The fourth-order valence-corrected chi connectivity index (χ4v) is 4.68. The first-order valence-corrected chi connectivity index (χ1v) is 9.52. The quantitative estimate of drug-likeness (QED) is 0.504. The molecular weight excluding hydrogens is 336 g/mol. The van der Waals surface area contributed by atoms with Gasteiger partial charge in [0.1, 0.15) is 18.3 Å². The fraction of sp³-hybridized carbons (Fsp3) is 0.800. The van der Waals surface area contributed by atoms with E-state index in [2.05, 4.69) is 6.58 Å². The second-order valence-corrected chi connectivity index (χ2v) is 9.10. The molecule has 1 aliphatic carbocycles. The Morgan fingerprint density at radius 3 is 2.73 bits per heavy atom. The van der Waals surface area contributed by atoms with Crippen molar-refractivity contribution in [1.29, 1.82) is 0 Å². The molecule has 2 saturated heterocycles. The van der Waals surface area contributed by atoms with Crippen LogP contribution >= 0.6 is 0 Å². The van der Waals surface area contributed by atoms with Crippen LogP contribution in [0.1, 0.15) is 40.0 Å². The zero-order valence-corrected chi connectivity index (χ0v) is 15.7. The van der Waals surface area contributed by atoms with Crippen LogP contribution in [-0.2, 0) is 14.2 Å². The lowest BCUT2D eigenvalue weighted by atomic mass is 9.75. The number of fused-ring (bicyclic) bond motifs is 4. The molecule has 26 heavy (non-hydrogen) atoms. The molecule has 0 amide bonds. The first kappa shape index (κ1) is 18.6. The molecule has 0 spiro atoms. The van der Waals surface area contributed by atoms with Crippen molar-refractivity contribution in [3.63, 3.8) is 0 Å². The van der Waals surface area contributed by atoms with E-state index in [9.17, 15) is 15.3 Å². The average Bonchev–Trinajstić information content (AvgIpc) is 3.18. The fourth-order valence-electron chi connectivity index (χ4n) is 4.68. The average molecular weight is 366 g/mol. The number of epoxide rings is 1. The van der Waals surface area contributed by atoms with Gasteiger partial charge in [-0.25, -0.2) is 0 Å². The highest BCUT2D eigenvalue weighted by Crippen LogP contribution is 2.49. The SMILES string of the molecule is C=C1C[C@H]2O[C@H]2[C@@](C)(O)CC[C@@H]2C3=C[C@H]([C@H](O)C(C)(C)O)O[C@@H]3OC[C@@H]12. The van der Waals surface area contributed by atoms with Crippen molar-refractivity contribution in [2.75, 3.05) is 6.61 Å². The van der Waals surface area contributed by atoms with Gasteiger partial charge in [-0.1, -0.05) is 12.2 Å². The van der Waals surface area contributed by atoms with Gasteiger partial charge in [-0.15, -0.1) is 0 Å². The molecule has 1 saturated carbocycles. The van der Waals surface area contributed by atoms with Crippen molar-refractivity contribution in [3.05, 3.63) is 23.8 Å². The van der Waals surface area contributed by atoms with E-state index >= 15 is 0 Å². The number of aliphatic hydroxyl groups excluding tert-OH is 1. The molecule has 0 radical (unpaired) electrons. The van der Waals surface area contributed by atoms with Crippen LogP contribution in [0.4, 0.5) is 0 Å². The summed E-state index contributed by atoms with van der Waals surface area (Å²) < 4.78 is 17.5. The highest BCUT2D eigenvalue weighted by molar-refractivity contribution is 5.27. The monoisotopic (exact) mass is 366 g/mol. The predicted octanol–water partition coefficient (Wildman–Crippen LogP) is 1.29. The van der Waals surface area contributed by atoms with Crippen LogP contribution in [0.15, 0.2) is 23.8 Å². The number of aliphatic hydroxyl groups is 3. The van der Waals surface area contributed by atoms with E-state index in [1.807, 2.05) is 13.0 Å². The standard InChI is InChI=1S/C20H30O6/c1-10-7-15-17(25-15)20(4,23)6-5-11-12-8-14(16(21)19(2,3)22)26-18(12)24-9-13(10)11/h8,11,13-18,21-23H,1,5-7,9H2,2-4H3/t11-,13+,14-,15-,16+,17-,18+,20+/m1/s1. The topological polar surface area (TPSA) is 91.7 Å². The van der Waals surface area contributed by atoms with E-state index in [0.29, 0.717) is 13.0 Å². The van der Waals surface area contributed by atoms with Crippen molar-refractivity contribution >= 4 is 0 Å². The molecule has 0 unspecified atom stereocenters. The van der Waals surface area contributed by atoms with Crippen molar-refractivity contribution in [2.45, 2.75) is 81.9 Å². The third-order valence-corrected chi connectivity index (χ3v) is 6.43. The lowest BCUT2D eigenvalue weighted by Crippen LogP contribution is -2.45. The first-order chi connectivity index (χ1) is 12.1. The van der Waals surface area contributed by atoms with Gasteiger partial charge in [-0.3, -0.25) is 0 Å². The largest absolute Gasteiger partial charge is 0.388 e. The maximum absolute atomic E-state index is 10.8. The lowest BCUT2D eigenvalue weighted by molar-refractivity contribution is -0.188. The second-order valence-electron chi connectivity index (χ2n) is 9.10. The van der Waals surface area contributed by atoms with E-state index in [1.165, 1.54) is 0 Å². The summed E-state index contributed by atoms with van der Waals surface area (Å²) in [5.41, 5.74) is -0.0208. The summed E-state index contributed by atoms with van der Waals surface area (Å²) >= 11 is 0. The van der Waals surface area contributed by atoms with Crippen molar-refractivity contribution in [1.82, 2.24) is 0 Å². The molecule has 0 aromatic carbocycles. The van der Waals surface area contributed by atoms with E-state index in [0.717, 1.165) is 24.0 Å². The molecule has 8 atom stereocenters. The molecule has 6 heteroatoms. The van der Waals surface area contributed by atoms with Crippen molar-refractivity contribution in [3.8, 4) is 0 Å². The summed E-state index contributed by atoms with van der Waals surface area (Å²) in [6.45, 7) is 9.76. The molecule has 4 aliphatic rings. The summed E-state index contributed by atoms with van der Waals surface area (Å²) in [5, 5.41) is 31.3. The van der Waals surface area contributed by atoms with Crippen molar-refractivity contribution < 1.29 is 29.5 Å². The van der Waals surface area contributed by atoms with Crippen LogP contribution in [0.5, 0.6) is 0 Å². The Kier molecular flexibility index (Phi) is 4.38. The smallest absolute Gasteiger partial charge is 0.181 e. The van der Waals surface area contributed by atoms with Crippen LogP contribution in [0.25, 0.3) is 0 Å². The highest BCUT2D eigenvalue weighted by atomic mass is 16.7. The molecule has 0 aromatic rings. The minimum absolute atomic E-state index is 0.0486. The Morgan fingerprint density at radius 1 is 1.31 bits per heavy atom. The van der Waals surface area contributed by atoms with Gasteiger partial charge in [0, 0.05) is 5.92 Å². The predicted molar refractivity (Wildman–Crippen MR) is 94.3 cm³/mol.